The van der Waals surface area contributed by atoms with Gasteiger partial charge in [-0.15, -0.1) is 0 Å². The van der Waals surface area contributed by atoms with E-state index in [1.54, 1.807) is 0 Å². The van der Waals surface area contributed by atoms with Gasteiger partial charge in [0, 0.05) is 25.0 Å². The molecule has 1 heterocycles. The molecule has 4 unspecified atom stereocenters. The van der Waals surface area contributed by atoms with Gasteiger partial charge in [0.15, 0.2) is 0 Å². The number of rotatable bonds is 2. The number of carbonyl (C=O) groups is 1. The molecule has 1 amide bonds. The molecule has 0 radical (unpaired) electrons. The maximum Gasteiger partial charge on any atom is 0.226 e. The van der Waals surface area contributed by atoms with Crippen molar-refractivity contribution in [3.8, 4) is 0 Å². The zero-order chi connectivity index (χ0) is 12.0. The highest BCUT2D eigenvalue weighted by Crippen LogP contribution is 2.56. The molecule has 3 aliphatic rings. The molecule has 3 heteroatoms. The predicted molar refractivity (Wildman–Crippen MR) is 67.3 cm³/mol. The van der Waals surface area contributed by atoms with Crippen LogP contribution in [0.25, 0.3) is 0 Å². The van der Waals surface area contributed by atoms with Crippen LogP contribution < -0.4 is 5.73 Å². The summed E-state index contributed by atoms with van der Waals surface area (Å²) in [6.07, 6.45) is 6.38. The fourth-order valence-corrected chi connectivity index (χ4v) is 4.19. The van der Waals surface area contributed by atoms with Crippen LogP contribution in [0.2, 0.25) is 0 Å². The van der Waals surface area contributed by atoms with Crippen LogP contribution in [0.15, 0.2) is 0 Å². The molecule has 1 saturated heterocycles. The number of hydrogen-bond acceptors (Lipinski definition) is 2. The lowest BCUT2D eigenvalue weighted by molar-refractivity contribution is -0.134. The van der Waals surface area contributed by atoms with E-state index in [4.69, 9.17) is 5.73 Å². The standard InChI is InChI=1S/C14H24N2O/c1-9-6-7-16(12(9)8-15)14(17)13-10-4-2-3-5-11(10)13/h9-13H,2-8,15H2,1H3. The maximum atomic E-state index is 12.6. The monoisotopic (exact) mass is 236 g/mol. The SMILES string of the molecule is CC1CCN(C(=O)C2C3CCCCC32)C1CN. The zero-order valence-electron chi connectivity index (χ0n) is 10.8. The quantitative estimate of drug-likeness (QED) is 0.792. The molecular weight excluding hydrogens is 212 g/mol. The van der Waals surface area contributed by atoms with Crippen molar-refractivity contribution in [1.82, 2.24) is 4.90 Å². The van der Waals surface area contributed by atoms with E-state index in [2.05, 4.69) is 11.8 Å². The smallest absolute Gasteiger partial charge is 0.226 e. The second kappa shape index (κ2) is 4.27. The van der Waals surface area contributed by atoms with E-state index in [0.717, 1.165) is 24.8 Å². The number of carbonyl (C=O) groups excluding carboxylic acids is 1. The van der Waals surface area contributed by atoms with Crippen LogP contribution in [0, 0.1) is 23.7 Å². The molecule has 1 aliphatic heterocycles. The summed E-state index contributed by atoms with van der Waals surface area (Å²) in [7, 11) is 0. The summed E-state index contributed by atoms with van der Waals surface area (Å²) in [5.41, 5.74) is 5.83. The topological polar surface area (TPSA) is 46.3 Å². The van der Waals surface area contributed by atoms with Gasteiger partial charge in [-0.2, -0.15) is 0 Å². The average molecular weight is 236 g/mol. The number of likely N-dealkylation sites (tertiary alicyclic amines) is 1. The molecule has 0 bridgehead atoms. The minimum Gasteiger partial charge on any atom is -0.338 e. The number of hydrogen-bond donors (Lipinski definition) is 1. The van der Waals surface area contributed by atoms with Crippen LogP contribution in [0.3, 0.4) is 0 Å². The molecule has 0 aromatic heterocycles. The lowest BCUT2D eigenvalue weighted by Gasteiger charge is -2.26. The van der Waals surface area contributed by atoms with Gasteiger partial charge in [0.05, 0.1) is 0 Å². The van der Waals surface area contributed by atoms with Crippen molar-refractivity contribution in [1.29, 1.82) is 0 Å². The number of fused-ring (bicyclic) bond motifs is 1. The van der Waals surface area contributed by atoms with Gasteiger partial charge in [-0.25, -0.2) is 0 Å². The summed E-state index contributed by atoms with van der Waals surface area (Å²) in [5.74, 6) is 2.85. The van der Waals surface area contributed by atoms with Crippen LogP contribution in [0.1, 0.15) is 39.0 Å². The molecule has 17 heavy (non-hydrogen) atoms. The molecule has 2 saturated carbocycles. The van der Waals surface area contributed by atoms with Gasteiger partial charge in [0.2, 0.25) is 5.91 Å². The van der Waals surface area contributed by atoms with Gasteiger partial charge in [0.25, 0.3) is 0 Å². The van der Waals surface area contributed by atoms with E-state index >= 15 is 0 Å². The van der Waals surface area contributed by atoms with Crippen LogP contribution >= 0.6 is 0 Å². The first-order chi connectivity index (χ1) is 8.24. The van der Waals surface area contributed by atoms with Crippen molar-refractivity contribution >= 4 is 5.91 Å². The Hall–Kier alpha value is -0.570. The molecule has 0 aromatic rings. The van der Waals surface area contributed by atoms with E-state index in [1.165, 1.54) is 25.7 Å². The molecule has 3 nitrogen and oxygen atoms in total. The molecular formula is C14H24N2O. The van der Waals surface area contributed by atoms with E-state index < -0.39 is 0 Å². The molecule has 0 aromatic carbocycles. The van der Waals surface area contributed by atoms with E-state index in [9.17, 15) is 4.79 Å². The predicted octanol–water partition coefficient (Wildman–Crippen LogP) is 1.62. The van der Waals surface area contributed by atoms with Crippen LogP contribution in [0.4, 0.5) is 0 Å². The third-order valence-electron chi connectivity index (χ3n) is 5.35. The summed E-state index contributed by atoms with van der Waals surface area (Å²) in [4.78, 5) is 14.7. The number of nitrogens with zero attached hydrogens (tertiary/aromatic N) is 1. The van der Waals surface area contributed by atoms with Crippen molar-refractivity contribution in [3.05, 3.63) is 0 Å². The highest BCUT2D eigenvalue weighted by molar-refractivity contribution is 5.83. The van der Waals surface area contributed by atoms with Gasteiger partial charge < -0.3 is 10.6 Å². The van der Waals surface area contributed by atoms with Crippen LogP contribution in [-0.2, 0) is 4.79 Å². The van der Waals surface area contributed by atoms with Gasteiger partial charge in [0.1, 0.15) is 0 Å². The normalized spacial score (nSPS) is 44.6. The highest BCUT2D eigenvalue weighted by Gasteiger charge is 2.56. The third kappa shape index (κ3) is 1.79. The highest BCUT2D eigenvalue weighted by atomic mass is 16.2. The van der Waals surface area contributed by atoms with Gasteiger partial charge >= 0.3 is 0 Å². The summed E-state index contributed by atoms with van der Waals surface area (Å²) >= 11 is 0. The second-order valence-corrected chi connectivity index (χ2v) is 6.24. The Kier molecular flexibility index (Phi) is 2.89. The zero-order valence-corrected chi connectivity index (χ0v) is 10.8. The first-order valence-electron chi connectivity index (χ1n) is 7.24. The Labute approximate surface area is 104 Å². The Balaban J connectivity index is 1.67. The van der Waals surface area contributed by atoms with Gasteiger partial charge in [-0.3, -0.25) is 4.79 Å². The molecule has 2 N–H and O–H groups in total. The molecule has 0 spiro atoms. The minimum absolute atomic E-state index is 0.310. The second-order valence-electron chi connectivity index (χ2n) is 6.24. The summed E-state index contributed by atoms with van der Waals surface area (Å²) in [6.45, 7) is 3.80. The van der Waals surface area contributed by atoms with Crippen LogP contribution in [-0.4, -0.2) is 29.9 Å². The molecule has 3 rings (SSSR count). The first kappa shape index (κ1) is 11.5. The van der Waals surface area contributed by atoms with E-state index in [1.807, 2.05) is 0 Å². The molecule has 4 atom stereocenters. The lowest BCUT2D eigenvalue weighted by atomic mass is 10.0. The molecule has 3 fully saturated rings. The Morgan fingerprint density at radius 2 is 1.88 bits per heavy atom. The Morgan fingerprint density at radius 1 is 1.24 bits per heavy atom. The van der Waals surface area contributed by atoms with E-state index in [0.29, 0.717) is 30.3 Å². The molecule has 96 valence electrons. The number of nitrogens with two attached hydrogens (primary N) is 1. The van der Waals surface area contributed by atoms with Crippen molar-refractivity contribution in [2.75, 3.05) is 13.1 Å². The van der Waals surface area contributed by atoms with Crippen LogP contribution in [0.5, 0.6) is 0 Å². The minimum atomic E-state index is 0.310. The van der Waals surface area contributed by atoms with Gasteiger partial charge in [-0.05, 0) is 37.0 Å². The fraction of sp³-hybridized carbons (Fsp3) is 0.929. The Morgan fingerprint density at radius 3 is 2.47 bits per heavy atom. The lowest BCUT2D eigenvalue weighted by Crippen LogP contribution is -2.43. The average Bonchev–Trinajstić information content (AvgIpc) is 2.96. The van der Waals surface area contributed by atoms with Crippen molar-refractivity contribution in [3.63, 3.8) is 0 Å². The number of amides is 1. The van der Waals surface area contributed by atoms with Crippen molar-refractivity contribution in [2.24, 2.45) is 29.4 Å². The summed E-state index contributed by atoms with van der Waals surface area (Å²) in [5, 5.41) is 0. The first-order valence-corrected chi connectivity index (χ1v) is 7.24. The van der Waals surface area contributed by atoms with Gasteiger partial charge in [-0.1, -0.05) is 19.8 Å². The van der Waals surface area contributed by atoms with Crippen molar-refractivity contribution < 1.29 is 4.79 Å². The largest absolute Gasteiger partial charge is 0.338 e. The summed E-state index contributed by atoms with van der Waals surface area (Å²) in [6, 6.07) is 0.310. The molecule has 2 aliphatic carbocycles. The Bertz CT molecular complexity index is 305. The van der Waals surface area contributed by atoms with E-state index in [-0.39, 0.29) is 0 Å². The maximum absolute atomic E-state index is 12.6. The fourth-order valence-electron chi connectivity index (χ4n) is 4.19. The third-order valence-corrected chi connectivity index (χ3v) is 5.35. The van der Waals surface area contributed by atoms with Crippen molar-refractivity contribution in [2.45, 2.75) is 45.1 Å². The summed E-state index contributed by atoms with van der Waals surface area (Å²) < 4.78 is 0.